The van der Waals surface area contributed by atoms with Crippen LogP contribution in [-0.4, -0.2) is 52.7 Å². The summed E-state index contributed by atoms with van der Waals surface area (Å²) in [5, 5.41) is 7.23. The van der Waals surface area contributed by atoms with Crippen LogP contribution in [0.3, 0.4) is 0 Å². The van der Waals surface area contributed by atoms with Crippen LogP contribution in [0.15, 0.2) is 29.5 Å². The third-order valence-electron chi connectivity index (χ3n) is 3.01. The summed E-state index contributed by atoms with van der Waals surface area (Å²) in [7, 11) is 0. The molecule has 1 amide bonds. The molecule has 1 rings (SSSR count). The van der Waals surface area contributed by atoms with Crippen molar-refractivity contribution in [2.45, 2.75) is 32.0 Å². The average molecular weight is 379 g/mol. The molecule has 1 atom stereocenters. The van der Waals surface area contributed by atoms with Crippen LogP contribution in [0.5, 0.6) is 0 Å². The van der Waals surface area contributed by atoms with Crippen molar-refractivity contribution >= 4 is 34.8 Å². The van der Waals surface area contributed by atoms with Crippen molar-refractivity contribution in [3.63, 3.8) is 0 Å². The Labute approximate surface area is 148 Å². The predicted molar refractivity (Wildman–Crippen MR) is 88.8 cm³/mol. The highest BCUT2D eigenvalue weighted by atomic mass is 35.5. The molecule has 6 nitrogen and oxygen atoms in total. The highest BCUT2D eigenvalue weighted by molar-refractivity contribution is 6.67. The van der Waals surface area contributed by atoms with Crippen LogP contribution in [0, 0.1) is 5.41 Å². The monoisotopic (exact) mass is 378 g/mol. The van der Waals surface area contributed by atoms with Gasteiger partial charge in [-0.2, -0.15) is 13.2 Å². The minimum absolute atomic E-state index is 0.136. The number of carbonyl (C=O) groups excluding carboxylic acids is 1. The number of pyridine rings is 1. The van der Waals surface area contributed by atoms with Gasteiger partial charge in [-0.3, -0.25) is 20.3 Å². The maximum Gasteiger partial charge on any atom is 0.410 e. The Morgan fingerprint density at radius 1 is 1.56 bits per heavy atom. The molecule has 10 heteroatoms. The smallest absolute Gasteiger partial charge is 0.410 e. The number of aromatic nitrogens is 1. The van der Waals surface area contributed by atoms with E-state index in [2.05, 4.69) is 9.98 Å². The van der Waals surface area contributed by atoms with E-state index in [4.69, 9.17) is 21.7 Å². The molecular formula is C15H18ClF3N4O2. The van der Waals surface area contributed by atoms with Gasteiger partial charge in [-0.05, 0) is 25.5 Å². The van der Waals surface area contributed by atoms with E-state index in [-0.39, 0.29) is 24.7 Å². The minimum Gasteiger partial charge on any atom is -0.449 e. The van der Waals surface area contributed by atoms with Gasteiger partial charge in [-0.25, -0.2) is 4.79 Å². The van der Waals surface area contributed by atoms with Crippen LogP contribution < -0.4 is 0 Å². The fourth-order valence-electron chi connectivity index (χ4n) is 1.82. The van der Waals surface area contributed by atoms with E-state index < -0.39 is 24.7 Å². The van der Waals surface area contributed by atoms with Gasteiger partial charge in [0.2, 0.25) is 0 Å². The van der Waals surface area contributed by atoms with Crippen LogP contribution in [0.25, 0.3) is 0 Å². The Kier molecular flexibility index (Phi) is 8.33. The number of hydrogen-bond acceptors (Lipinski definition) is 5. The highest BCUT2D eigenvalue weighted by Gasteiger charge is 2.28. The van der Waals surface area contributed by atoms with Crippen molar-refractivity contribution in [1.29, 1.82) is 5.41 Å². The molecule has 25 heavy (non-hydrogen) atoms. The Hall–Kier alpha value is -2.16. The Morgan fingerprint density at radius 2 is 2.28 bits per heavy atom. The van der Waals surface area contributed by atoms with Crippen molar-refractivity contribution in [2.24, 2.45) is 4.99 Å². The topological polar surface area (TPSA) is 78.6 Å². The Morgan fingerprint density at radius 3 is 2.80 bits per heavy atom. The van der Waals surface area contributed by atoms with Crippen LogP contribution in [0.2, 0.25) is 0 Å². The lowest BCUT2D eigenvalue weighted by molar-refractivity contribution is -0.137. The summed E-state index contributed by atoms with van der Waals surface area (Å²) in [5.74, 6) is 0. The number of nitrogens with one attached hydrogen (secondary N) is 1. The number of carbonyl (C=O) groups is 1. The lowest BCUT2D eigenvalue weighted by Gasteiger charge is -2.26. The van der Waals surface area contributed by atoms with Crippen molar-refractivity contribution in [2.75, 3.05) is 13.2 Å². The van der Waals surface area contributed by atoms with E-state index in [0.717, 1.165) is 4.90 Å². The molecule has 0 bridgehead atoms. The zero-order valence-electron chi connectivity index (χ0n) is 13.5. The molecule has 0 radical (unpaired) electrons. The summed E-state index contributed by atoms with van der Waals surface area (Å²) in [6.07, 6.45) is -2.20. The van der Waals surface area contributed by atoms with Gasteiger partial charge in [0.1, 0.15) is 11.2 Å². The SMILES string of the molecule is CCN(C(=O)OCCCC(F)(F)F)C(C=Nc1cccnc1)C(=N)Cl. The van der Waals surface area contributed by atoms with Crippen LogP contribution in [-0.2, 0) is 4.74 Å². The number of rotatable bonds is 8. The van der Waals surface area contributed by atoms with Gasteiger partial charge in [-0.15, -0.1) is 0 Å². The number of amides is 1. The summed E-state index contributed by atoms with van der Waals surface area (Å²) in [6.45, 7) is 1.38. The molecule has 1 aromatic heterocycles. The van der Waals surface area contributed by atoms with Gasteiger partial charge < -0.3 is 4.74 Å². The van der Waals surface area contributed by atoms with Gasteiger partial charge >= 0.3 is 12.3 Å². The molecule has 1 heterocycles. The Bertz CT molecular complexity index is 596. The van der Waals surface area contributed by atoms with Crippen molar-refractivity contribution in [3.8, 4) is 0 Å². The van der Waals surface area contributed by atoms with E-state index >= 15 is 0 Å². The lowest BCUT2D eigenvalue weighted by atomic mass is 10.3. The quantitative estimate of drug-likeness (QED) is 0.544. The first-order valence-electron chi connectivity index (χ1n) is 7.43. The maximum absolute atomic E-state index is 12.1. The van der Waals surface area contributed by atoms with E-state index in [1.54, 1.807) is 25.3 Å². The standard InChI is InChI=1S/C15H18ClF3N4O2/c1-2-23(14(24)25-8-4-6-15(17,18)19)12(13(16)20)10-22-11-5-3-7-21-9-11/h3,5,7,9-10,12,20H,2,4,6,8H2,1H3. The highest BCUT2D eigenvalue weighted by Crippen LogP contribution is 2.21. The molecular weight excluding hydrogens is 361 g/mol. The van der Waals surface area contributed by atoms with E-state index in [1.807, 2.05) is 0 Å². The molecule has 0 aliphatic heterocycles. The first-order chi connectivity index (χ1) is 11.7. The zero-order valence-corrected chi connectivity index (χ0v) is 14.2. The second kappa shape index (κ2) is 9.97. The summed E-state index contributed by atoms with van der Waals surface area (Å²) in [6, 6.07) is 2.35. The molecule has 0 aliphatic rings. The third kappa shape index (κ3) is 7.97. The number of halogens is 4. The van der Waals surface area contributed by atoms with Crippen molar-refractivity contribution in [3.05, 3.63) is 24.5 Å². The number of ether oxygens (including phenoxy) is 1. The summed E-state index contributed by atoms with van der Waals surface area (Å²) in [5.41, 5.74) is 0.500. The third-order valence-corrected chi connectivity index (χ3v) is 3.24. The molecule has 0 saturated heterocycles. The van der Waals surface area contributed by atoms with Crippen LogP contribution in [0.1, 0.15) is 19.8 Å². The maximum atomic E-state index is 12.1. The molecule has 1 N–H and O–H groups in total. The second-order valence-corrected chi connectivity index (χ2v) is 5.31. The fraction of sp³-hybridized carbons (Fsp3) is 0.467. The van der Waals surface area contributed by atoms with Crippen molar-refractivity contribution in [1.82, 2.24) is 9.88 Å². The summed E-state index contributed by atoms with van der Waals surface area (Å²) >= 11 is 5.73. The lowest BCUT2D eigenvalue weighted by Crippen LogP contribution is -2.44. The molecule has 1 unspecified atom stereocenters. The first-order valence-corrected chi connectivity index (χ1v) is 7.80. The minimum atomic E-state index is -4.30. The van der Waals surface area contributed by atoms with Gasteiger partial charge in [0.25, 0.3) is 0 Å². The Balaban J connectivity index is 2.69. The number of nitrogens with zero attached hydrogens (tertiary/aromatic N) is 3. The number of aliphatic imine (C=N–C) groups is 1. The van der Waals surface area contributed by atoms with E-state index in [0.29, 0.717) is 5.69 Å². The first kappa shape index (κ1) is 20.9. The molecule has 0 aromatic carbocycles. The van der Waals surface area contributed by atoms with Crippen LogP contribution in [0.4, 0.5) is 23.7 Å². The molecule has 138 valence electrons. The second-order valence-electron chi connectivity index (χ2n) is 4.90. The molecule has 1 aromatic rings. The van der Waals surface area contributed by atoms with Gasteiger partial charge in [0.05, 0.1) is 18.5 Å². The number of alkyl halides is 3. The van der Waals surface area contributed by atoms with Gasteiger partial charge in [0, 0.05) is 25.4 Å². The predicted octanol–water partition coefficient (Wildman–Crippen LogP) is 4.17. The number of hydrogen-bond donors (Lipinski definition) is 1. The summed E-state index contributed by atoms with van der Waals surface area (Å²) in [4.78, 5) is 21.1. The van der Waals surface area contributed by atoms with Crippen LogP contribution >= 0.6 is 11.6 Å². The fourth-order valence-corrected chi connectivity index (χ4v) is 2.00. The molecule has 0 fully saturated rings. The average Bonchev–Trinajstić information content (AvgIpc) is 2.55. The van der Waals surface area contributed by atoms with Crippen molar-refractivity contribution < 1.29 is 22.7 Å². The summed E-state index contributed by atoms with van der Waals surface area (Å²) < 4.78 is 41.1. The normalized spacial score (nSPS) is 12.8. The molecule has 0 aliphatic carbocycles. The van der Waals surface area contributed by atoms with Gasteiger partial charge in [-0.1, -0.05) is 11.6 Å². The van der Waals surface area contributed by atoms with E-state index in [1.165, 1.54) is 12.4 Å². The molecule has 0 spiro atoms. The van der Waals surface area contributed by atoms with E-state index in [9.17, 15) is 18.0 Å². The molecule has 0 saturated carbocycles. The largest absolute Gasteiger partial charge is 0.449 e. The zero-order chi connectivity index (χ0) is 18.9. The van der Waals surface area contributed by atoms with Gasteiger partial charge in [0.15, 0.2) is 0 Å².